The summed E-state index contributed by atoms with van der Waals surface area (Å²) < 4.78 is 17.2. The summed E-state index contributed by atoms with van der Waals surface area (Å²) >= 11 is 18.7. The first-order chi connectivity index (χ1) is 16.8. The highest BCUT2D eigenvalue weighted by molar-refractivity contribution is 8.26. The van der Waals surface area contributed by atoms with Crippen LogP contribution in [0.3, 0.4) is 0 Å². The summed E-state index contributed by atoms with van der Waals surface area (Å²) in [7, 11) is 0. The van der Waals surface area contributed by atoms with Gasteiger partial charge in [-0.15, -0.1) is 0 Å². The standard InChI is InChI=1S/C25H25Cl2NO5S2/c1-3-11-32-23(29)9-10-28-24(30)22(35-25(28)34)13-16-5-8-20(21(12-16)31-4-2)33-15-17-6-7-18(26)14-19(17)27/h5-8,12-14H,3-4,9-11,15H2,1-2H3/b22-13-. The van der Waals surface area contributed by atoms with Crippen LogP contribution in [0.25, 0.3) is 6.08 Å². The number of hydrogen-bond donors (Lipinski definition) is 0. The van der Waals surface area contributed by atoms with Gasteiger partial charge in [0, 0.05) is 22.2 Å². The molecule has 1 heterocycles. The Kier molecular flexibility index (Phi) is 10.3. The minimum atomic E-state index is -0.346. The molecular weight excluding hydrogens is 529 g/mol. The third-order valence-electron chi connectivity index (χ3n) is 4.84. The molecule has 1 saturated heterocycles. The van der Waals surface area contributed by atoms with Crippen molar-refractivity contribution in [1.82, 2.24) is 4.90 Å². The van der Waals surface area contributed by atoms with E-state index in [1.165, 1.54) is 16.7 Å². The van der Waals surface area contributed by atoms with Crippen molar-refractivity contribution in [3.63, 3.8) is 0 Å². The van der Waals surface area contributed by atoms with Gasteiger partial charge in [0.05, 0.1) is 24.5 Å². The molecule has 0 aromatic heterocycles. The van der Waals surface area contributed by atoms with E-state index < -0.39 is 0 Å². The zero-order valence-electron chi connectivity index (χ0n) is 19.3. The molecule has 0 radical (unpaired) electrons. The SMILES string of the molecule is CCCOC(=O)CCN1C(=O)/C(=C/c2ccc(OCc3ccc(Cl)cc3Cl)c(OCC)c2)SC1=S. The van der Waals surface area contributed by atoms with Crippen LogP contribution in [0.2, 0.25) is 10.0 Å². The minimum absolute atomic E-state index is 0.0951. The zero-order valence-corrected chi connectivity index (χ0v) is 22.5. The summed E-state index contributed by atoms with van der Waals surface area (Å²) in [5, 5.41) is 1.08. The number of carbonyl (C=O) groups excluding carboxylic acids is 2. The van der Waals surface area contributed by atoms with Crippen molar-refractivity contribution in [3.8, 4) is 11.5 Å². The molecule has 0 bridgehead atoms. The van der Waals surface area contributed by atoms with Gasteiger partial charge in [-0.25, -0.2) is 0 Å². The van der Waals surface area contributed by atoms with E-state index in [4.69, 9.17) is 49.6 Å². The van der Waals surface area contributed by atoms with Gasteiger partial charge in [0.25, 0.3) is 5.91 Å². The number of ether oxygens (including phenoxy) is 3. The number of halogens is 2. The molecule has 186 valence electrons. The first-order valence-electron chi connectivity index (χ1n) is 11.1. The third kappa shape index (κ3) is 7.61. The maximum atomic E-state index is 12.9. The fourth-order valence-corrected chi connectivity index (χ4v) is 4.90. The number of carbonyl (C=O) groups is 2. The smallest absolute Gasteiger partial charge is 0.307 e. The predicted octanol–water partition coefficient (Wildman–Crippen LogP) is 6.52. The molecule has 2 aromatic rings. The maximum Gasteiger partial charge on any atom is 0.307 e. The van der Waals surface area contributed by atoms with E-state index in [1.54, 1.807) is 30.3 Å². The van der Waals surface area contributed by atoms with Gasteiger partial charge in [-0.2, -0.15) is 0 Å². The van der Waals surface area contributed by atoms with E-state index in [9.17, 15) is 9.59 Å². The molecule has 0 unspecified atom stereocenters. The number of thiocarbonyl (C=S) groups is 1. The van der Waals surface area contributed by atoms with Crippen molar-refractivity contribution < 1.29 is 23.8 Å². The van der Waals surface area contributed by atoms with Crippen LogP contribution in [0.5, 0.6) is 11.5 Å². The number of hydrogen-bond acceptors (Lipinski definition) is 7. The Hall–Kier alpha value is -2.26. The fourth-order valence-electron chi connectivity index (χ4n) is 3.13. The van der Waals surface area contributed by atoms with Crippen LogP contribution in [0.1, 0.15) is 37.8 Å². The Morgan fingerprint density at radius 1 is 1.11 bits per heavy atom. The summed E-state index contributed by atoms with van der Waals surface area (Å²) in [6.07, 6.45) is 2.59. The van der Waals surface area contributed by atoms with Crippen molar-refractivity contribution >= 4 is 69.5 Å². The van der Waals surface area contributed by atoms with Gasteiger partial charge in [-0.05, 0) is 49.2 Å². The highest BCUT2D eigenvalue weighted by Crippen LogP contribution is 2.35. The predicted molar refractivity (Wildman–Crippen MR) is 144 cm³/mol. The second-order valence-corrected chi connectivity index (χ2v) is 9.99. The van der Waals surface area contributed by atoms with Crippen molar-refractivity contribution in [2.75, 3.05) is 19.8 Å². The van der Waals surface area contributed by atoms with Gasteiger partial charge in [-0.3, -0.25) is 14.5 Å². The summed E-state index contributed by atoms with van der Waals surface area (Å²) in [5.41, 5.74) is 1.55. The van der Waals surface area contributed by atoms with E-state index in [2.05, 4.69) is 0 Å². The largest absolute Gasteiger partial charge is 0.490 e. The third-order valence-corrected chi connectivity index (χ3v) is 6.81. The van der Waals surface area contributed by atoms with Gasteiger partial charge in [0.15, 0.2) is 11.5 Å². The molecular formula is C25H25Cl2NO5S2. The van der Waals surface area contributed by atoms with Gasteiger partial charge < -0.3 is 14.2 Å². The molecule has 0 aliphatic carbocycles. The molecule has 0 saturated carbocycles. The van der Waals surface area contributed by atoms with E-state index in [0.717, 1.165) is 17.5 Å². The molecule has 1 amide bonds. The zero-order chi connectivity index (χ0) is 25.4. The molecule has 6 nitrogen and oxygen atoms in total. The highest BCUT2D eigenvalue weighted by Gasteiger charge is 2.32. The van der Waals surface area contributed by atoms with Gasteiger partial charge in [0.2, 0.25) is 0 Å². The van der Waals surface area contributed by atoms with Crippen molar-refractivity contribution in [2.24, 2.45) is 0 Å². The molecule has 2 aromatic carbocycles. The number of nitrogens with zero attached hydrogens (tertiary/aromatic N) is 1. The highest BCUT2D eigenvalue weighted by atomic mass is 35.5. The lowest BCUT2D eigenvalue weighted by Crippen LogP contribution is -2.30. The molecule has 0 N–H and O–H groups in total. The normalized spacial score (nSPS) is 14.5. The monoisotopic (exact) mass is 553 g/mol. The van der Waals surface area contributed by atoms with Crippen LogP contribution in [-0.4, -0.2) is 40.9 Å². The van der Waals surface area contributed by atoms with E-state index in [0.29, 0.717) is 44.0 Å². The van der Waals surface area contributed by atoms with Gasteiger partial charge >= 0.3 is 5.97 Å². The second-order valence-electron chi connectivity index (χ2n) is 7.47. The molecule has 10 heteroatoms. The summed E-state index contributed by atoms with van der Waals surface area (Å²) in [4.78, 5) is 26.5. The number of benzene rings is 2. The molecule has 1 aliphatic heterocycles. The molecule has 3 rings (SSSR count). The fraction of sp³-hybridized carbons (Fsp3) is 0.320. The van der Waals surface area contributed by atoms with Crippen LogP contribution in [0.4, 0.5) is 0 Å². The van der Waals surface area contributed by atoms with Crippen LogP contribution >= 0.6 is 47.2 Å². The van der Waals surface area contributed by atoms with Crippen molar-refractivity contribution in [3.05, 3.63) is 62.5 Å². The van der Waals surface area contributed by atoms with E-state index >= 15 is 0 Å². The Morgan fingerprint density at radius 3 is 2.63 bits per heavy atom. The number of amides is 1. The Labute approximate surface area is 224 Å². The Morgan fingerprint density at radius 2 is 1.91 bits per heavy atom. The average Bonchev–Trinajstić information content (AvgIpc) is 3.09. The lowest BCUT2D eigenvalue weighted by Gasteiger charge is -2.14. The minimum Gasteiger partial charge on any atom is -0.490 e. The van der Waals surface area contributed by atoms with Gasteiger partial charge in [-0.1, -0.05) is 66.2 Å². The Bertz CT molecular complexity index is 1140. The molecule has 1 aliphatic rings. The lowest BCUT2D eigenvalue weighted by atomic mass is 10.1. The second kappa shape index (κ2) is 13.2. The molecule has 0 atom stereocenters. The summed E-state index contributed by atoms with van der Waals surface area (Å²) in [6, 6.07) is 10.6. The van der Waals surface area contributed by atoms with E-state index in [-0.39, 0.29) is 31.4 Å². The Balaban J connectivity index is 1.70. The quantitative estimate of drug-likeness (QED) is 0.178. The van der Waals surface area contributed by atoms with Crippen molar-refractivity contribution in [1.29, 1.82) is 0 Å². The van der Waals surface area contributed by atoms with Crippen LogP contribution in [0.15, 0.2) is 41.3 Å². The van der Waals surface area contributed by atoms with E-state index in [1.807, 2.05) is 26.0 Å². The van der Waals surface area contributed by atoms with Gasteiger partial charge in [0.1, 0.15) is 10.9 Å². The van der Waals surface area contributed by atoms with Crippen LogP contribution < -0.4 is 9.47 Å². The molecule has 35 heavy (non-hydrogen) atoms. The van der Waals surface area contributed by atoms with Crippen molar-refractivity contribution in [2.45, 2.75) is 33.3 Å². The first kappa shape index (κ1) is 27.3. The number of esters is 1. The first-order valence-corrected chi connectivity index (χ1v) is 13.0. The maximum absolute atomic E-state index is 12.9. The average molecular weight is 555 g/mol. The number of rotatable bonds is 11. The summed E-state index contributed by atoms with van der Waals surface area (Å²) in [6.45, 7) is 5.04. The topological polar surface area (TPSA) is 65.1 Å². The molecule has 0 spiro atoms. The molecule has 1 fully saturated rings. The summed E-state index contributed by atoms with van der Waals surface area (Å²) in [5.74, 6) is 0.509. The van der Waals surface area contributed by atoms with Crippen LogP contribution in [0, 0.1) is 0 Å². The lowest BCUT2D eigenvalue weighted by molar-refractivity contribution is -0.143. The number of thioether (sulfide) groups is 1. The van der Waals surface area contributed by atoms with Crippen LogP contribution in [-0.2, 0) is 20.9 Å².